The van der Waals surface area contributed by atoms with Gasteiger partial charge in [0.15, 0.2) is 0 Å². The molecular weight excluding hydrogens is 377 g/mol. The third kappa shape index (κ3) is 5.48. The highest BCUT2D eigenvalue weighted by Crippen LogP contribution is 2.18. The smallest absolute Gasteiger partial charge is 0.475 e. The molecule has 7 nitrogen and oxygen atoms in total. The minimum atomic E-state index is -5.08. The molecule has 0 saturated carbocycles. The molecule has 1 aliphatic heterocycles. The quantitative estimate of drug-likeness (QED) is 0.837. The van der Waals surface area contributed by atoms with E-state index in [2.05, 4.69) is 21.9 Å². The summed E-state index contributed by atoms with van der Waals surface area (Å²) in [4.78, 5) is 36.1. The second-order valence-electron chi connectivity index (χ2n) is 5.94. The number of carbonyl (C=O) groups is 2. The van der Waals surface area contributed by atoms with Crippen LogP contribution in [0.1, 0.15) is 34.2 Å². The topological polar surface area (TPSA) is 96.3 Å². The predicted octanol–water partition coefficient (Wildman–Crippen LogP) is 2.31. The van der Waals surface area contributed by atoms with Gasteiger partial charge in [0.25, 0.3) is 5.91 Å². The van der Waals surface area contributed by atoms with Crippen LogP contribution in [0.15, 0.2) is 30.9 Å². The fraction of sp³-hybridized carbons (Fsp3) is 0.389. The minimum absolute atomic E-state index is 0.0434. The van der Waals surface area contributed by atoms with Gasteiger partial charge in [-0.05, 0) is 30.5 Å². The van der Waals surface area contributed by atoms with E-state index in [1.807, 2.05) is 11.0 Å². The lowest BCUT2D eigenvalue weighted by molar-refractivity contribution is -0.192. The Morgan fingerprint density at radius 3 is 2.46 bits per heavy atom. The van der Waals surface area contributed by atoms with Crippen molar-refractivity contribution in [2.24, 2.45) is 0 Å². The van der Waals surface area contributed by atoms with Crippen molar-refractivity contribution in [3.63, 3.8) is 0 Å². The van der Waals surface area contributed by atoms with Gasteiger partial charge in [-0.15, -0.1) is 0 Å². The van der Waals surface area contributed by atoms with Crippen LogP contribution in [0.3, 0.4) is 0 Å². The number of hydrogen-bond donors (Lipinski definition) is 1. The van der Waals surface area contributed by atoms with Gasteiger partial charge in [0.05, 0.1) is 5.56 Å². The predicted molar refractivity (Wildman–Crippen MR) is 92.6 cm³/mol. The molecule has 0 atom stereocenters. The molecule has 28 heavy (non-hydrogen) atoms. The number of amides is 1. The van der Waals surface area contributed by atoms with E-state index in [1.54, 1.807) is 24.8 Å². The summed E-state index contributed by atoms with van der Waals surface area (Å²) in [5.41, 5.74) is 4.06. The van der Waals surface area contributed by atoms with Gasteiger partial charge in [-0.1, -0.05) is 6.92 Å². The van der Waals surface area contributed by atoms with Crippen molar-refractivity contribution < 1.29 is 27.9 Å². The van der Waals surface area contributed by atoms with Crippen LogP contribution in [-0.4, -0.2) is 56.1 Å². The largest absolute Gasteiger partial charge is 0.490 e. The number of hydrogen-bond acceptors (Lipinski definition) is 5. The molecule has 0 bridgehead atoms. The Morgan fingerprint density at radius 1 is 1.21 bits per heavy atom. The van der Waals surface area contributed by atoms with Crippen LogP contribution in [0.2, 0.25) is 0 Å². The van der Waals surface area contributed by atoms with Gasteiger partial charge in [-0.2, -0.15) is 13.2 Å². The lowest BCUT2D eigenvalue weighted by atomic mass is 10.1. The monoisotopic (exact) mass is 396 g/mol. The van der Waals surface area contributed by atoms with Gasteiger partial charge >= 0.3 is 12.1 Å². The van der Waals surface area contributed by atoms with E-state index in [0.29, 0.717) is 18.7 Å². The highest BCUT2D eigenvalue weighted by molar-refractivity contribution is 5.93. The maximum atomic E-state index is 12.5. The standard InChI is InChI=1S/C16H18N4O.C2HF3O2/c1-2-14-13-5-8-20(9-6-15(13)19-11-18-14)16(21)12-4-3-7-17-10-12;3-2(4,5)1(6)7/h3-4,7,10-11H,2,5-6,8-9H2,1H3;(H,6,7). The summed E-state index contributed by atoms with van der Waals surface area (Å²) in [5.74, 6) is -2.71. The van der Waals surface area contributed by atoms with E-state index in [-0.39, 0.29) is 5.91 Å². The molecule has 1 aliphatic rings. The van der Waals surface area contributed by atoms with Gasteiger partial charge in [0.2, 0.25) is 0 Å². The molecule has 0 fully saturated rings. The summed E-state index contributed by atoms with van der Waals surface area (Å²) in [6.07, 6.45) is 2.37. The highest BCUT2D eigenvalue weighted by Gasteiger charge is 2.38. The van der Waals surface area contributed by atoms with Crippen molar-refractivity contribution in [1.82, 2.24) is 19.9 Å². The number of alkyl halides is 3. The lowest BCUT2D eigenvalue weighted by Crippen LogP contribution is -2.33. The molecule has 150 valence electrons. The van der Waals surface area contributed by atoms with Gasteiger partial charge in [-0.25, -0.2) is 14.8 Å². The Morgan fingerprint density at radius 2 is 1.89 bits per heavy atom. The zero-order valence-corrected chi connectivity index (χ0v) is 15.1. The number of pyridine rings is 1. The van der Waals surface area contributed by atoms with E-state index in [4.69, 9.17) is 9.90 Å². The molecule has 0 aliphatic carbocycles. The van der Waals surface area contributed by atoms with Gasteiger partial charge < -0.3 is 10.0 Å². The number of aryl methyl sites for hydroxylation is 1. The van der Waals surface area contributed by atoms with Crippen molar-refractivity contribution in [3.8, 4) is 0 Å². The summed E-state index contributed by atoms with van der Waals surface area (Å²) in [6, 6.07) is 3.60. The number of carboxylic acids is 1. The lowest BCUT2D eigenvalue weighted by Gasteiger charge is -2.19. The third-order valence-electron chi connectivity index (χ3n) is 4.15. The van der Waals surface area contributed by atoms with Crippen LogP contribution in [0, 0.1) is 0 Å². The number of aliphatic carboxylic acids is 1. The first-order valence-electron chi connectivity index (χ1n) is 8.55. The molecule has 1 N–H and O–H groups in total. The first-order valence-corrected chi connectivity index (χ1v) is 8.55. The number of nitrogens with zero attached hydrogens (tertiary/aromatic N) is 4. The van der Waals surface area contributed by atoms with Crippen molar-refractivity contribution in [1.29, 1.82) is 0 Å². The molecule has 0 spiro atoms. The van der Waals surface area contributed by atoms with Crippen LogP contribution in [0.4, 0.5) is 13.2 Å². The summed E-state index contributed by atoms with van der Waals surface area (Å²) < 4.78 is 31.7. The molecular formula is C18H19F3N4O3. The number of aromatic nitrogens is 3. The van der Waals surface area contributed by atoms with E-state index in [0.717, 1.165) is 30.7 Å². The Balaban J connectivity index is 0.000000345. The molecule has 2 aromatic heterocycles. The number of carboxylic acid groups (broad SMARTS) is 1. The van der Waals surface area contributed by atoms with Crippen LogP contribution < -0.4 is 0 Å². The second-order valence-corrected chi connectivity index (χ2v) is 5.94. The van der Waals surface area contributed by atoms with Crippen LogP contribution >= 0.6 is 0 Å². The molecule has 10 heteroatoms. The van der Waals surface area contributed by atoms with Crippen molar-refractivity contribution >= 4 is 11.9 Å². The van der Waals surface area contributed by atoms with E-state index in [9.17, 15) is 18.0 Å². The summed E-state index contributed by atoms with van der Waals surface area (Å²) in [6.45, 7) is 3.51. The Hall–Kier alpha value is -3.04. The summed E-state index contributed by atoms with van der Waals surface area (Å²) in [5, 5.41) is 7.12. The van der Waals surface area contributed by atoms with Crippen LogP contribution in [-0.2, 0) is 24.1 Å². The van der Waals surface area contributed by atoms with Gasteiger partial charge in [-0.3, -0.25) is 9.78 Å². The Labute approximate surface area is 159 Å². The summed E-state index contributed by atoms with van der Waals surface area (Å²) >= 11 is 0. The van der Waals surface area contributed by atoms with Crippen molar-refractivity contribution in [2.45, 2.75) is 32.4 Å². The molecule has 0 saturated heterocycles. The normalized spacial score (nSPS) is 13.6. The van der Waals surface area contributed by atoms with E-state index in [1.165, 1.54) is 5.56 Å². The fourth-order valence-corrected chi connectivity index (χ4v) is 2.77. The maximum absolute atomic E-state index is 12.5. The zero-order valence-electron chi connectivity index (χ0n) is 15.1. The number of halogens is 3. The van der Waals surface area contributed by atoms with Crippen LogP contribution in [0.25, 0.3) is 0 Å². The maximum Gasteiger partial charge on any atom is 0.490 e. The van der Waals surface area contributed by atoms with Crippen molar-refractivity contribution in [2.75, 3.05) is 13.1 Å². The highest BCUT2D eigenvalue weighted by atomic mass is 19.4. The number of fused-ring (bicyclic) bond motifs is 1. The Bertz CT molecular complexity index is 829. The average Bonchev–Trinajstić information content (AvgIpc) is 2.90. The number of carbonyl (C=O) groups excluding carboxylic acids is 1. The molecule has 0 aromatic carbocycles. The molecule has 3 heterocycles. The molecule has 2 aromatic rings. The molecule has 1 amide bonds. The molecule has 0 radical (unpaired) electrons. The first-order chi connectivity index (χ1) is 13.2. The summed E-state index contributed by atoms with van der Waals surface area (Å²) in [7, 11) is 0. The van der Waals surface area contributed by atoms with Crippen LogP contribution in [0.5, 0.6) is 0 Å². The van der Waals surface area contributed by atoms with Gasteiger partial charge in [0.1, 0.15) is 6.33 Å². The van der Waals surface area contributed by atoms with Crippen molar-refractivity contribution in [3.05, 3.63) is 53.4 Å². The SMILES string of the molecule is CCc1ncnc2c1CCN(C(=O)c1cccnc1)CC2.O=C(O)C(F)(F)F. The average molecular weight is 396 g/mol. The number of rotatable bonds is 2. The minimum Gasteiger partial charge on any atom is -0.475 e. The molecule has 0 unspecified atom stereocenters. The van der Waals surface area contributed by atoms with Gasteiger partial charge in [0, 0.05) is 43.3 Å². The Kier molecular flexibility index (Phi) is 7.02. The third-order valence-corrected chi connectivity index (χ3v) is 4.15. The van der Waals surface area contributed by atoms with E-state index >= 15 is 0 Å². The fourth-order valence-electron chi connectivity index (χ4n) is 2.77. The zero-order chi connectivity index (χ0) is 20.7. The molecule has 3 rings (SSSR count). The second kappa shape index (κ2) is 9.25. The van der Waals surface area contributed by atoms with E-state index < -0.39 is 12.1 Å². The first kappa shape index (κ1) is 21.3.